The van der Waals surface area contributed by atoms with E-state index in [2.05, 4.69) is 26.3 Å². The smallest absolute Gasteiger partial charge is 0.162 e. The summed E-state index contributed by atoms with van der Waals surface area (Å²) in [7, 11) is 3.19. The van der Waals surface area contributed by atoms with Crippen LogP contribution in [0.5, 0.6) is 11.5 Å². The Labute approximate surface area is 149 Å². The van der Waals surface area contributed by atoms with Gasteiger partial charge in [0.15, 0.2) is 17.3 Å². The standard InChI is InChI=1S/C19H15N5O2/c1-25-15-7-12-14(8-16(15)26-2)23-18-17(12)21-10-22-19(18)24-13-6-4-3-5-11(13)9-20/h3-8,10,23H,1-2H3,(H,21,22,24). The molecule has 2 heterocycles. The van der Waals surface area contributed by atoms with E-state index in [0.717, 1.165) is 21.9 Å². The minimum Gasteiger partial charge on any atom is -0.493 e. The SMILES string of the molecule is COc1cc2[nH]c3c(Nc4ccccc4C#N)ncnc3c2cc1OC. The van der Waals surface area contributed by atoms with Crippen LogP contribution in [-0.2, 0) is 0 Å². The predicted octanol–water partition coefficient (Wildman–Crippen LogP) is 3.74. The van der Waals surface area contributed by atoms with Gasteiger partial charge in [-0.3, -0.25) is 0 Å². The van der Waals surface area contributed by atoms with Crippen LogP contribution < -0.4 is 14.8 Å². The van der Waals surface area contributed by atoms with Gasteiger partial charge in [-0.05, 0) is 18.2 Å². The Bertz CT molecular complexity index is 1160. The molecule has 128 valence electrons. The van der Waals surface area contributed by atoms with Gasteiger partial charge >= 0.3 is 0 Å². The number of methoxy groups -OCH3 is 2. The first kappa shape index (κ1) is 15.7. The van der Waals surface area contributed by atoms with Crippen LogP contribution in [0.1, 0.15) is 5.56 Å². The summed E-state index contributed by atoms with van der Waals surface area (Å²) in [6.45, 7) is 0. The number of rotatable bonds is 4. The van der Waals surface area contributed by atoms with Crippen molar-refractivity contribution in [1.82, 2.24) is 15.0 Å². The molecule has 0 aliphatic carbocycles. The lowest BCUT2D eigenvalue weighted by molar-refractivity contribution is 0.356. The van der Waals surface area contributed by atoms with Gasteiger partial charge in [0.05, 0.1) is 31.0 Å². The van der Waals surface area contributed by atoms with E-state index in [4.69, 9.17) is 9.47 Å². The van der Waals surface area contributed by atoms with Crippen LogP contribution in [-0.4, -0.2) is 29.2 Å². The zero-order valence-corrected chi connectivity index (χ0v) is 14.2. The summed E-state index contributed by atoms with van der Waals surface area (Å²) in [6, 6.07) is 13.2. The van der Waals surface area contributed by atoms with Gasteiger partial charge in [-0.25, -0.2) is 9.97 Å². The van der Waals surface area contributed by atoms with Crippen LogP contribution in [0.4, 0.5) is 11.5 Å². The highest BCUT2D eigenvalue weighted by atomic mass is 16.5. The van der Waals surface area contributed by atoms with Crippen molar-refractivity contribution in [3.63, 3.8) is 0 Å². The number of H-pyrrole nitrogens is 1. The van der Waals surface area contributed by atoms with E-state index in [1.54, 1.807) is 20.3 Å². The molecule has 0 aliphatic heterocycles. The second-order valence-electron chi connectivity index (χ2n) is 5.61. The molecule has 4 aromatic rings. The maximum absolute atomic E-state index is 9.28. The maximum Gasteiger partial charge on any atom is 0.162 e. The van der Waals surface area contributed by atoms with Crippen LogP contribution >= 0.6 is 0 Å². The largest absolute Gasteiger partial charge is 0.493 e. The minimum atomic E-state index is 0.540. The maximum atomic E-state index is 9.28. The van der Waals surface area contributed by atoms with E-state index >= 15 is 0 Å². The monoisotopic (exact) mass is 345 g/mol. The first-order valence-electron chi connectivity index (χ1n) is 7.89. The molecule has 0 saturated carbocycles. The number of aromatic nitrogens is 3. The Morgan fingerprint density at radius 2 is 1.85 bits per heavy atom. The van der Waals surface area contributed by atoms with Gasteiger partial charge in [0.25, 0.3) is 0 Å². The van der Waals surface area contributed by atoms with E-state index in [0.29, 0.717) is 28.6 Å². The number of anilines is 2. The molecule has 0 fully saturated rings. The van der Waals surface area contributed by atoms with Crippen LogP contribution in [0.15, 0.2) is 42.7 Å². The second kappa shape index (κ2) is 6.26. The van der Waals surface area contributed by atoms with Crippen LogP contribution in [0, 0.1) is 11.3 Å². The van der Waals surface area contributed by atoms with Gasteiger partial charge in [0, 0.05) is 11.5 Å². The molecule has 26 heavy (non-hydrogen) atoms. The van der Waals surface area contributed by atoms with Crippen LogP contribution in [0.25, 0.3) is 21.9 Å². The van der Waals surface area contributed by atoms with Gasteiger partial charge in [0.1, 0.15) is 23.4 Å². The first-order valence-corrected chi connectivity index (χ1v) is 7.89. The molecular weight excluding hydrogens is 330 g/mol. The first-order chi connectivity index (χ1) is 12.7. The molecule has 7 nitrogen and oxygen atoms in total. The summed E-state index contributed by atoms with van der Waals surface area (Å²) in [6.07, 6.45) is 1.49. The quantitative estimate of drug-likeness (QED) is 0.585. The fourth-order valence-corrected chi connectivity index (χ4v) is 2.93. The number of ether oxygens (including phenoxy) is 2. The van der Waals surface area contributed by atoms with Gasteiger partial charge < -0.3 is 19.8 Å². The Hall–Kier alpha value is -3.79. The fourth-order valence-electron chi connectivity index (χ4n) is 2.93. The number of benzene rings is 2. The molecule has 0 unspecified atom stereocenters. The highest BCUT2D eigenvalue weighted by molar-refractivity contribution is 6.09. The Balaban J connectivity index is 1.90. The van der Waals surface area contributed by atoms with Gasteiger partial charge in [0.2, 0.25) is 0 Å². The number of nitrogens with zero attached hydrogens (tertiary/aromatic N) is 3. The van der Waals surface area contributed by atoms with E-state index in [1.165, 1.54) is 6.33 Å². The third-order valence-corrected chi connectivity index (χ3v) is 4.19. The van der Waals surface area contributed by atoms with Crippen molar-refractivity contribution in [2.45, 2.75) is 0 Å². The normalized spacial score (nSPS) is 10.7. The average molecular weight is 345 g/mol. The molecule has 2 N–H and O–H groups in total. The lowest BCUT2D eigenvalue weighted by Gasteiger charge is -2.07. The highest BCUT2D eigenvalue weighted by Gasteiger charge is 2.15. The van der Waals surface area contributed by atoms with Crippen LogP contribution in [0.2, 0.25) is 0 Å². The zero-order chi connectivity index (χ0) is 18.1. The van der Waals surface area contributed by atoms with Crippen molar-refractivity contribution in [2.24, 2.45) is 0 Å². The molecule has 0 radical (unpaired) electrons. The van der Waals surface area contributed by atoms with Crippen molar-refractivity contribution in [3.8, 4) is 17.6 Å². The lowest BCUT2D eigenvalue weighted by atomic mass is 10.2. The number of hydrogen-bond donors (Lipinski definition) is 2. The van der Waals surface area contributed by atoms with Gasteiger partial charge in [-0.15, -0.1) is 0 Å². The molecule has 0 atom stereocenters. The number of hydrogen-bond acceptors (Lipinski definition) is 6. The third-order valence-electron chi connectivity index (χ3n) is 4.19. The number of fused-ring (bicyclic) bond motifs is 3. The summed E-state index contributed by atoms with van der Waals surface area (Å²) < 4.78 is 10.7. The molecule has 0 bridgehead atoms. The predicted molar refractivity (Wildman–Crippen MR) is 98.9 cm³/mol. The second-order valence-corrected chi connectivity index (χ2v) is 5.61. The van der Waals surface area contributed by atoms with Crippen molar-refractivity contribution in [1.29, 1.82) is 5.26 Å². The molecule has 2 aromatic heterocycles. The topological polar surface area (TPSA) is 95.8 Å². The van der Waals surface area contributed by atoms with Crippen LogP contribution in [0.3, 0.4) is 0 Å². The van der Waals surface area contributed by atoms with Crippen molar-refractivity contribution < 1.29 is 9.47 Å². The molecular formula is C19H15N5O2. The Morgan fingerprint density at radius 1 is 1.08 bits per heavy atom. The van der Waals surface area contributed by atoms with E-state index in [1.807, 2.05) is 30.3 Å². The molecule has 7 heteroatoms. The van der Waals surface area contributed by atoms with Crippen molar-refractivity contribution in [3.05, 3.63) is 48.3 Å². The number of nitrogens with one attached hydrogen (secondary N) is 2. The zero-order valence-electron chi connectivity index (χ0n) is 14.2. The number of aromatic amines is 1. The Kier molecular flexibility index (Phi) is 3.78. The third kappa shape index (κ3) is 2.45. The van der Waals surface area contributed by atoms with Crippen molar-refractivity contribution >= 4 is 33.4 Å². The van der Waals surface area contributed by atoms with Gasteiger partial charge in [-0.2, -0.15) is 5.26 Å². The lowest BCUT2D eigenvalue weighted by Crippen LogP contribution is -1.97. The van der Waals surface area contributed by atoms with E-state index in [-0.39, 0.29) is 0 Å². The molecule has 2 aromatic carbocycles. The summed E-state index contributed by atoms with van der Waals surface area (Å²) in [5.41, 5.74) is 3.58. The highest BCUT2D eigenvalue weighted by Crippen LogP contribution is 2.36. The average Bonchev–Trinajstić information content (AvgIpc) is 3.05. The summed E-state index contributed by atoms with van der Waals surface area (Å²) >= 11 is 0. The minimum absolute atomic E-state index is 0.540. The summed E-state index contributed by atoms with van der Waals surface area (Å²) in [5.74, 6) is 1.85. The van der Waals surface area contributed by atoms with E-state index in [9.17, 15) is 5.26 Å². The molecule has 0 saturated heterocycles. The summed E-state index contributed by atoms with van der Waals surface area (Å²) in [5, 5.41) is 13.4. The molecule has 4 rings (SSSR count). The molecule has 0 spiro atoms. The Morgan fingerprint density at radius 3 is 2.62 bits per heavy atom. The summed E-state index contributed by atoms with van der Waals surface area (Å²) in [4.78, 5) is 12.1. The van der Waals surface area contributed by atoms with Crippen molar-refractivity contribution in [2.75, 3.05) is 19.5 Å². The van der Waals surface area contributed by atoms with Gasteiger partial charge in [-0.1, -0.05) is 12.1 Å². The molecule has 0 amide bonds. The number of nitriles is 1. The number of para-hydroxylation sites is 1. The molecule has 0 aliphatic rings. The van der Waals surface area contributed by atoms with E-state index < -0.39 is 0 Å². The fraction of sp³-hybridized carbons (Fsp3) is 0.105.